The summed E-state index contributed by atoms with van der Waals surface area (Å²) in [5, 5.41) is 23.2. The summed E-state index contributed by atoms with van der Waals surface area (Å²) in [6.07, 6.45) is 1.74. The number of nitro groups is 1. The first-order chi connectivity index (χ1) is 8.78. The molecule has 0 saturated heterocycles. The molecule has 0 aliphatic heterocycles. The Labute approximate surface area is 111 Å². The first-order valence-corrected chi connectivity index (χ1v) is 6.07. The molecule has 0 spiro atoms. The quantitative estimate of drug-likeness (QED) is 0.608. The molecule has 0 unspecified atom stereocenters. The molecule has 104 valence electrons. The van der Waals surface area contributed by atoms with E-state index in [-0.39, 0.29) is 22.5 Å². The second-order valence-corrected chi connectivity index (χ2v) is 5.02. The van der Waals surface area contributed by atoms with Crippen LogP contribution in [0.1, 0.15) is 44.0 Å². The highest BCUT2D eigenvalue weighted by Crippen LogP contribution is 2.31. The smallest absolute Gasteiger partial charge is 0.342 e. The Morgan fingerprint density at radius 2 is 2.11 bits per heavy atom. The van der Waals surface area contributed by atoms with E-state index in [2.05, 4.69) is 5.32 Å². The average Bonchev–Trinajstić information content (AvgIpc) is 2.27. The third kappa shape index (κ3) is 3.67. The van der Waals surface area contributed by atoms with Gasteiger partial charge in [-0.1, -0.05) is 19.4 Å². The maximum Gasteiger partial charge on any atom is 0.342 e. The van der Waals surface area contributed by atoms with Gasteiger partial charge in [-0.2, -0.15) is 0 Å². The lowest BCUT2D eigenvalue weighted by atomic mass is 9.98. The fraction of sp³-hybridized carbons (Fsp3) is 0.462. The van der Waals surface area contributed by atoms with E-state index in [1.54, 1.807) is 0 Å². The fourth-order valence-electron chi connectivity index (χ4n) is 2.07. The van der Waals surface area contributed by atoms with Gasteiger partial charge >= 0.3 is 11.7 Å². The van der Waals surface area contributed by atoms with Crippen molar-refractivity contribution in [2.75, 3.05) is 5.32 Å². The van der Waals surface area contributed by atoms with Crippen molar-refractivity contribution >= 4 is 17.3 Å². The third-order valence-electron chi connectivity index (χ3n) is 2.80. The number of rotatable bonds is 6. The van der Waals surface area contributed by atoms with Crippen LogP contribution in [0.4, 0.5) is 11.4 Å². The molecule has 0 saturated carbocycles. The number of anilines is 1. The largest absolute Gasteiger partial charge is 0.477 e. The van der Waals surface area contributed by atoms with Crippen LogP contribution >= 0.6 is 0 Å². The summed E-state index contributed by atoms with van der Waals surface area (Å²) in [6.45, 7) is 5.87. The van der Waals surface area contributed by atoms with Crippen molar-refractivity contribution in [1.29, 1.82) is 0 Å². The van der Waals surface area contributed by atoms with E-state index in [0.717, 1.165) is 12.8 Å². The lowest BCUT2D eigenvalue weighted by molar-refractivity contribution is -0.384. The van der Waals surface area contributed by atoms with E-state index in [1.165, 1.54) is 18.2 Å². The van der Waals surface area contributed by atoms with Gasteiger partial charge in [-0.3, -0.25) is 10.1 Å². The van der Waals surface area contributed by atoms with E-state index < -0.39 is 10.9 Å². The molecule has 6 heteroatoms. The van der Waals surface area contributed by atoms with Crippen LogP contribution in [0.15, 0.2) is 18.2 Å². The van der Waals surface area contributed by atoms with Crippen LogP contribution in [0.3, 0.4) is 0 Å². The van der Waals surface area contributed by atoms with E-state index in [1.807, 2.05) is 20.8 Å². The molecule has 0 atom stereocenters. The van der Waals surface area contributed by atoms with Crippen LogP contribution in [0.5, 0.6) is 0 Å². The van der Waals surface area contributed by atoms with Gasteiger partial charge in [0.05, 0.1) is 4.92 Å². The van der Waals surface area contributed by atoms with Crippen LogP contribution < -0.4 is 5.32 Å². The Morgan fingerprint density at radius 1 is 1.47 bits per heavy atom. The molecule has 0 radical (unpaired) electrons. The molecule has 1 aromatic carbocycles. The number of nitrogens with one attached hydrogen (secondary N) is 1. The van der Waals surface area contributed by atoms with Crippen LogP contribution in [-0.4, -0.2) is 21.5 Å². The summed E-state index contributed by atoms with van der Waals surface area (Å²) in [6, 6.07) is 4.27. The minimum atomic E-state index is -1.30. The van der Waals surface area contributed by atoms with Gasteiger partial charge in [0.25, 0.3) is 0 Å². The molecule has 0 heterocycles. The van der Waals surface area contributed by atoms with E-state index >= 15 is 0 Å². The number of aromatic carboxylic acids is 1. The molecule has 0 aliphatic rings. The monoisotopic (exact) mass is 266 g/mol. The van der Waals surface area contributed by atoms with Crippen LogP contribution in [-0.2, 0) is 0 Å². The first kappa shape index (κ1) is 14.9. The topological polar surface area (TPSA) is 92.5 Å². The van der Waals surface area contributed by atoms with Crippen LogP contribution in [0.25, 0.3) is 0 Å². The van der Waals surface area contributed by atoms with E-state index in [4.69, 9.17) is 5.11 Å². The molecule has 0 fully saturated rings. The predicted octanol–water partition coefficient (Wildman–Crippen LogP) is 3.28. The first-order valence-electron chi connectivity index (χ1n) is 6.07. The number of hydrogen-bond acceptors (Lipinski definition) is 4. The minimum absolute atomic E-state index is 0.239. The van der Waals surface area contributed by atoms with Crippen molar-refractivity contribution in [1.82, 2.24) is 0 Å². The molecule has 0 aromatic heterocycles. The second-order valence-electron chi connectivity index (χ2n) is 5.02. The van der Waals surface area contributed by atoms with Crippen molar-refractivity contribution in [2.24, 2.45) is 0 Å². The Kier molecular flexibility index (Phi) is 4.47. The fourth-order valence-corrected chi connectivity index (χ4v) is 2.07. The molecular weight excluding hydrogens is 248 g/mol. The van der Waals surface area contributed by atoms with Crippen LogP contribution in [0, 0.1) is 10.1 Å². The zero-order chi connectivity index (χ0) is 14.6. The molecule has 0 aliphatic carbocycles. The highest BCUT2D eigenvalue weighted by molar-refractivity contribution is 5.95. The van der Waals surface area contributed by atoms with Crippen LogP contribution in [0.2, 0.25) is 0 Å². The van der Waals surface area contributed by atoms with Gasteiger partial charge in [0, 0.05) is 5.54 Å². The lowest BCUT2D eigenvalue weighted by Gasteiger charge is -2.27. The Balaban J connectivity index is 3.24. The number of benzene rings is 1. The Bertz CT molecular complexity index is 497. The average molecular weight is 266 g/mol. The van der Waals surface area contributed by atoms with Crippen molar-refractivity contribution in [3.05, 3.63) is 33.9 Å². The molecule has 0 bridgehead atoms. The van der Waals surface area contributed by atoms with Gasteiger partial charge in [0.1, 0.15) is 11.3 Å². The number of carboxylic acid groups (broad SMARTS) is 1. The summed E-state index contributed by atoms with van der Waals surface area (Å²) in [5.74, 6) is -1.30. The Hall–Kier alpha value is -2.11. The highest BCUT2D eigenvalue weighted by atomic mass is 16.6. The zero-order valence-electron chi connectivity index (χ0n) is 11.3. The number of nitrogens with zero attached hydrogens (tertiary/aromatic N) is 1. The molecule has 1 aromatic rings. The maximum atomic E-state index is 11.1. The summed E-state index contributed by atoms with van der Waals surface area (Å²) >= 11 is 0. The second kappa shape index (κ2) is 5.69. The summed E-state index contributed by atoms with van der Waals surface area (Å²) in [7, 11) is 0. The number of carboxylic acids is 1. The SMILES string of the molecule is CCCC(C)(C)Nc1cccc(C(=O)O)c1[N+](=O)[O-]. The van der Waals surface area contributed by atoms with Crippen molar-refractivity contribution < 1.29 is 14.8 Å². The molecule has 6 nitrogen and oxygen atoms in total. The number of hydrogen-bond donors (Lipinski definition) is 2. The molecule has 2 N–H and O–H groups in total. The zero-order valence-corrected chi connectivity index (χ0v) is 11.3. The van der Waals surface area contributed by atoms with Crippen molar-refractivity contribution in [2.45, 2.75) is 39.2 Å². The van der Waals surface area contributed by atoms with Gasteiger partial charge in [0.2, 0.25) is 0 Å². The number of nitro benzene ring substituents is 1. The van der Waals surface area contributed by atoms with Gasteiger partial charge in [-0.15, -0.1) is 0 Å². The van der Waals surface area contributed by atoms with Gasteiger partial charge < -0.3 is 10.4 Å². The maximum absolute atomic E-state index is 11.1. The van der Waals surface area contributed by atoms with Gasteiger partial charge in [-0.05, 0) is 32.4 Å². The predicted molar refractivity (Wildman–Crippen MR) is 72.7 cm³/mol. The van der Waals surface area contributed by atoms with Gasteiger partial charge in [0.15, 0.2) is 0 Å². The van der Waals surface area contributed by atoms with E-state index in [0.29, 0.717) is 0 Å². The molecule has 0 amide bonds. The standard InChI is InChI=1S/C13H18N2O4/c1-4-8-13(2,3)14-10-7-5-6-9(12(16)17)11(10)15(18)19/h5-7,14H,4,8H2,1-3H3,(H,16,17). The molecule has 1 rings (SSSR count). The molecular formula is C13H18N2O4. The summed E-state index contributed by atoms with van der Waals surface area (Å²) in [5.41, 5.74) is -0.791. The number of carbonyl (C=O) groups is 1. The lowest BCUT2D eigenvalue weighted by Crippen LogP contribution is -2.31. The summed E-state index contributed by atoms with van der Waals surface area (Å²) in [4.78, 5) is 21.5. The Morgan fingerprint density at radius 3 is 2.58 bits per heavy atom. The highest BCUT2D eigenvalue weighted by Gasteiger charge is 2.27. The number of para-hydroxylation sites is 1. The minimum Gasteiger partial charge on any atom is -0.477 e. The van der Waals surface area contributed by atoms with Crippen molar-refractivity contribution in [3.63, 3.8) is 0 Å². The van der Waals surface area contributed by atoms with E-state index in [9.17, 15) is 14.9 Å². The van der Waals surface area contributed by atoms with Crippen molar-refractivity contribution in [3.8, 4) is 0 Å². The normalized spacial score (nSPS) is 11.1. The summed E-state index contributed by atoms with van der Waals surface area (Å²) < 4.78 is 0. The molecule has 19 heavy (non-hydrogen) atoms. The third-order valence-corrected chi connectivity index (χ3v) is 2.80. The van der Waals surface area contributed by atoms with Gasteiger partial charge in [-0.25, -0.2) is 4.79 Å².